The first-order valence-corrected chi connectivity index (χ1v) is 6.72. The lowest BCUT2D eigenvalue weighted by atomic mass is 10.1. The molecule has 4 nitrogen and oxygen atoms in total. The van der Waals surface area contributed by atoms with Crippen molar-refractivity contribution < 1.29 is 4.79 Å². The number of anilines is 1. The van der Waals surface area contributed by atoms with Crippen LogP contribution in [-0.2, 0) is 0 Å². The van der Waals surface area contributed by atoms with E-state index in [9.17, 15) is 4.79 Å². The van der Waals surface area contributed by atoms with Gasteiger partial charge in [0.15, 0.2) is 0 Å². The second-order valence-electron chi connectivity index (χ2n) is 5.57. The summed E-state index contributed by atoms with van der Waals surface area (Å²) in [6, 6.07) is 4.25. The summed E-state index contributed by atoms with van der Waals surface area (Å²) in [4.78, 5) is 20.7. The van der Waals surface area contributed by atoms with Gasteiger partial charge in [-0.1, -0.05) is 0 Å². The zero-order valence-corrected chi connectivity index (χ0v) is 13.1. The average Bonchev–Trinajstić information content (AvgIpc) is 2.34. The summed E-state index contributed by atoms with van der Waals surface area (Å²) < 4.78 is 0. The van der Waals surface area contributed by atoms with Crippen molar-refractivity contribution in [3.05, 3.63) is 23.4 Å². The molecule has 4 heteroatoms. The molecule has 0 radical (unpaired) electrons. The first-order chi connectivity index (χ1) is 8.73. The third-order valence-corrected chi connectivity index (χ3v) is 3.42. The minimum atomic E-state index is 0.0407. The van der Waals surface area contributed by atoms with Gasteiger partial charge in [0.05, 0.1) is 0 Å². The zero-order chi connectivity index (χ0) is 14.7. The van der Waals surface area contributed by atoms with Crippen LogP contribution in [-0.4, -0.2) is 42.0 Å². The highest BCUT2D eigenvalue weighted by atomic mass is 16.2. The van der Waals surface area contributed by atoms with E-state index in [0.717, 1.165) is 11.5 Å². The molecular formula is C15H25N3O. The van der Waals surface area contributed by atoms with Crippen LogP contribution in [0.2, 0.25) is 0 Å². The summed E-state index contributed by atoms with van der Waals surface area (Å²) in [5.74, 6) is 0.884. The van der Waals surface area contributed by atoms with Crippen LogP contribution in [0.15, 0.2) is 12.1 Å². The molecule has 1 amide bonds. The monoisotopic (exact) mass is 263 g/mol. The number of aryl methyl sites for hydroxylation is 1. The lowest BCUT2D eigenvalue weighted by molar-refractivity contribution is 0.0754. The van der Waals surface area contributed by atoms with E-state index in [1.54, 1.807) is 4.90 Å². The molecule has 0 spiro atoms. The number of carbonyl (C=O) groups is 1. The molecule has 0 saturated carbocycles. The average molecular weight is 263 g/mol. The van der Waals surface area contributed by atoms with Gasteiger partial charge in [0.1, 0.15) is 5.82 Å². The molecule has 1 aromatic heterocycles. The van der Waals surface area contributed by atoms with Crippen molar-refractivity contribution in [2.24, 2.45) is 0 Å². The minimum Gasteiger partial charge on any atom is -0.357 e. The van der Waals surface area contributed by atoms with E-state index in [-0.39, 0.29) is 11.9 Å². The summed E-state index contributed by atoms with van der Waals surface area (Å²) >= 11 is 0. The summed E-state index contributed by atoms with van der Waals surface area (Å²) in [6.45, 7) is 10.1. The van der Waals surface area contributed by atoms with Gasteiger partial charge in [-0.15, -0.1) is 0 Å². The SMILES string of the molecule is Cc1cc(C(=O)N(C)C(C)C)cc(N(C)C(C)C)n1. The highest BCUT2D eigenvalue weighted by Crippen LogP contribution is 2.17. The maximum absolute atomic E-state index is 12.4. The number of hydrogen-bond donors (Lipinski definition) is 0. The normalized spacial score (nSPS) is 11.0. The highest BCUT2D eigenvalue weighted by Gasteiger charge is 2.17. The molecule has 0 aliphatic rings. The van der Waals surface area contributed by atoms with Crippen LogP contribution in [0.25, 0.3) is 0 Å². The van der Waals surface area contributed by atoms with Crippen LogP contribution in [0.3, 0.4) is 0 Å². The molecule has 0 aliphatic carbocycles. The summed E-state index contributed by atoms with van der Waals surface area (Å²) in [7, 11) is 3.82. The van der Waals surface area contributed by atoms with Gasteiger partial charge in [-0.25, -0.2) is 4.98 Å². The fraction of sp³-hybridized carbons (Fsp3) is 0.600. The molecule has 106 valence electrons. The maximum atomic E-state index is 12.4. The molecule has 0 N–H and O–H groups in total. The molecule has 0 unspecified atom stereocenters. The Bertz CT molecular complexity index is 455. The molecule has 0 fully saturated rings. The van der Waals surface area contributed by atoms with Crippen molar-refractivity contribution in [3.63, 3.8) is 0 Å². The van der Waals surface area contributed by atoms with Crippen molar-refractivity contribution in [3.8, 4) is 0 Å². The maximum Gasteiger partial charge on any atom is 0.254 e. The Kier molecular flexibility index (Phi) is 4.92. The van der Waals surface area contributed by atoms with Crippen molar-refractivity contribution in [1.82, 2.24) is 9.88 Å². The lowest BCUT2D eigenvalue weighted by Crippen LogP contribution is -2.33. The third-order valence-electron chi connectivity index (χ3n) is 3.42. The second kappa shape index (κ2) is 6.04. The highest BCUT2D eigenvalue weighted by molar-refractivity contribution is 5.95. The number of nitrogens with zero attached hydrogens (tertiary/aromatic N) is 3. The summed E-state index contributed by atoms with van der Waals surface area (Å²) in [6.07, 6.45) is 0. The molecule has 0 bridgehead atoms. The van der Waals surface area contributed by atoms with Crippen molar-refractivity contribution in [2.45, 2.75) is 46.7 Å². The van der Waals surface area contributed by atoms with Crippen LogP contribution >= 0.6 is 0 Å². The van der Waals surface area contributed by atoms with Gasteiger partial charge in [0, 0.05) is 37.4 Å². The van der Waals surface area contributed by atoms with E-state index in [1.807, 2.05) is 47.0 Å². The van der Waals surface area contributed by atoms with E-state index in [4.69, 9.17) is 0 Å². The largest absolute Gasteiger partial charge is 0.357 e. The van der Waals surface area contributed by atoms with Gasteiger partial charge < -0.3 is 9.80 Å². The van der Waals surface area contributed by atoms with Gasteiger partial charge in [0.25, 0.3) is 5.91 Å². The molecule has 0 saturated heterocycles. The van der Waals surface area contributed by atoms with Gasteiger partial charge in [-0.05, 0) is 46.8 Å². The van der Waals surface area contributed by atoms with Crippen LogP contribution in [0.1, 0.15) is 43.7 Å². The fourth-order valence-corrected chi connectivity index (χ4v) is 1.66. The van der Waals surface area contributed by atoms with Crippen LogP contribution in [0.5, 0.6) is 0 Å². The number of pyridine rings is 1. The topological polar surface area (TPSA) is 36.4 Å². The predicted molar refractivity (Wildman–Crippen MR) is 79.7 cm³/mol. The Morgan fingerprint density at radius 2 is 1.68 bits per heavy atom. The standard InChI is InChI=1S/C15H25N3O/c1-10(2)17(6)14-9-13(8-12(5)16-14)15(19)18(7)11(3)4/h8-11H,1-7H3. The zero-order valence-electron chi connectivity index (χ0n) is 13.1. The van der Waals surface area contributed by atoms with Crippen LogP contribution in [0.4, 0.5) is 5.82 Å². The Labute approximate surface area is 116 Å². The molecule has 0 aliphatic heterocycles. The quantitative estimate of drug-likeness (QED) is 0.838. The summed E-state index contributed by atoms with van der Waals surface area (Å²) in [5.41, 5.74) is 1.57. The number of rotatable bonds is 4. The molecule has 1 aromatic rings. The molecule has 0 aromatic carbocycles. The van der Waals surface area contributed by atoms with Crippen molar-refractivity contribution >= 4 is 11.7 Å². The number of hydrogen-bond acceptors (Lipinski definition) is 3. The predicted octanol–water partition coefficient (Wildman–Crippen LogP) is 2.72. The van der Waals surface area contributed by atoms with E-state index in [0.29, 0.717) is 11.6 Å². The van der Waals surface area contributed by atoms with E-state index >= 15 is 0 Å². The van der Waals surface area contributed by atoms with Crippen LogP contribution < -0.4 is 4.90 Å². The first-order valence-electron chi connectivity index (χ1n) is 6.72. The molecule has 1 heterocycles. The Hall–Kier alpha value is -1.58. The Balaban J connectivity index is 3.13. The summed E-state index contributed by atoms with van der Waals surface area (Å²) in [5, 5.41) is 0. The van der Waals surface area contributed by atoms with Crippen molar-refractivity contribution in [1.29, 1.82) is 0 Å². The number of amides is 1. The van der Waals surface area contributed by atoms with Gasteiger partial charge >= 0.3 is 0 Å². The second-order valence-corrected chi connectivity index (χ2v) is 5.57. The van der Waals surface area contributed by atoms with E-state index in [1.165, 1.54) is 0 Å². The van der Waals surface area contributed by atoms with E-state index < -0.39 is 0 Å². The minimum absolute atomic E-state index is 0.0407. The lowest BCUT2D eigenvalue weighted by Gasteiger charge is -2.25. The number of carbonyl (C=O) groups excluding carboxylic acids is 1. The molecule has 1 rings (SSSR count). The van der Waals surface area contributed by atoms with Gasteiger partial charge in [-0.2, -0.15) is 0 Å². The van der Waals surface area contributed by atoms with E-state index in [2.05, 4.69) is 23.7 Å². The van der Waals surface area contributed by atoms with Gasteiger partial charge in [0.2, 0.25) is 0 Å². The van der Waals surface area contributed by atoms with Crippen LogP contribution in [0, 0.1) is 6.92 Å². The Morgan fingerprint density at radius 3 is 2.16 bits per heavy atom. The number of aromatic nitrogens is 1. The first kappa shape index (κ1) is 15.5. The fourth-order valence-electron chi connectivity index (χ4n) is 1.66. The molecular weight excluding hydrogens is 238 g/mol. The molecule has 19 heavy (non-hydrogen) atoms. The van der Waals surface area contributed by atoms with Gasteiger partial charge in [-0.3, -0.25) is 4.79 Å². The Morgan fingerprint density at radius 1 is 1.11 bits per heavy atom. The van der Waals surface area contributed by atoms with Crippen molar-refractivity contribution in [2.75, 3.05) is 19.0 Å². The smallest absolute Gasteiger partial charge is 0.254 e. The molecule has 0 atom stereocenters. The third kappa shape index (κ3) is 3.69.